The summed E-state index contributed by atoms with van der Waals surface area (Å²) in [5.41, 5.74) is 5.37. The van der Waals surface area contributed by atoms with E-state index in [1.54, 1.807) is 12.1 Å². The minimum Gasteiger partial charge on any atom is -0.369 e. The minimum atomic E-state index is -0.276. The second-order valence-electron chi connectivity index (χ2n) is 8.06. The van der Waals surface area contributed by atoms with Gasteiger partial charge in [0.1, 0.15) is 5.82 Å². The van der Waals surface area contributed by atoms with E-state index >= 15 is 0 Å². The number of amides is 1. The van der Waals surface area contributed by atoms with E-state index in [-0.39, 0.29) is 11.7 Å². The van der Waals surface area contributed by atoms with Crippen LogP contribution < -0.4 is 10.2 Å². The van der Waals surface area contributed by atoms with Crippen LogP contribution in [0.2, 0.25) is 0 Å². The number of halogens is 1. The Kier molecular flexibility index (Phi) is 6.63. The lowest BCUT2D eigenvalue weighted by Gasteiger charge is -2.36. The quantitative estimate of drug-likeness (QED) is 0.646. The first kappa shape index (κ1) is 21.1. The van der Waals surface area contributed by atoms with Crippen LogP contribution in [0.3, 0.4) is 0 Å². The lowest BCUT2D eigenvalue weighted by Crippen LogP contribution is -2.46. The molecule has 3 aromatic carbocycles. The second-order valence-corrected chi connectivity index (χ2v) is 8.06. The summed E-state index contributed by atoms with van der Waals surface area (Å²) in [5.74, 6) is -0.398. The molecule has 0 unspecified atom stereocenters. The number of para-hydroxylation sites is 1. The van der Waals surface area contributed by atoms with Crippen molar-refractivity contribution in [2.24, 2.45) is 0 Å². The average molecular weight is 418 g/mol. The standard InChI is InChI=1S/C26H28FN3O/c1-20-4-2-3-5-25(20)30-16-14-29(15-17-30)19-22-6-10-23(11-7-22)26(31)28-18-21-8-12-24(27)13-9-21/h2-13H,14-19H2,1H3,(H,28,31). The smallest absolute Gasteiger partial charge is 0.251 e. The van der Waals surface area contributed by atoms with Crippen molar-refractivity contribution in [3.8, 4) is 0 Å². The van der Waals surface area contributed by atoms with Gasteiger partial charge in [0.2, 0.25) is 0 Å². The molecule has 4 nitrogen and oxygen atoms in total. The topological polar surface area (TPSA) is 35.6 Å². The number of hydrogen-bond acceptors (Lipinski definition) is 3. The molecule has 0 saturated carbocycles. The van der Waals surface area contributed by atoms with E-state index in [9.17, 15) is 9.18 Å². The Morgan fingerprint density at radius 1 is 0.871 bits per heavy atom. The molecule has 4 rings (SSSR count). The molecule has 31 heavy (non-hydrogen) atoms. The highest BCUT2D eigenvalue weighted by molar-refractivity contribution is 5.94. The highest BCUT2D eigenvalue weighted by Gasteiger charge is 2.18. The monoisotopic (exact) mass is 417 g/mol. The maximum atomic E-state index is 13.0. The number of nitrogens with one attached hydrogen (secondary N) is 1. The second kappa shape index (κ2) is 9.75. The molecule has 0 aromatic heterocycles. The third-order valence-corrected chi connectivity index (χ3v) is 5.82. The van der Waals surface area contributed by atoms with Crippen LogP contribution in [-0.2, 0) is 13.1 Å². The fourth-order valence-electron chi connectivity index (χ4n) is 3.97. The van der Waals surface area contributed by atoms with Crippen LogP contribution in [0, 0.1) is 12.7 Å². The number of nitrogens with zero attached hydrogens (tertiary/aromatic N) is 2. The van der Waals surface area contributed by atoms with Crippen LogP contribution >= 0.6 is 0 Å². The normalized spacial score (nSPS) is 14.5. The maximum absolute atomic E-state index is 13.0. The highest BCUT2D eigenvalue weighted by Crippen LogP contribution is 2.21. The summed E-state index contributed by atoms with van der Waals surface area (Å²) in [4.78, 5) is 17.3. The van der Waals surface area contributed by atoms with Crippen molar-refractivity contribution in [1.29, 1.82) is 0 Å². The van der Waals surface area contributed by atoms with E-state index in [0.717, 1.165) is 38.3 Å². The Morgan fingerprint density at radius 2 is 1.52 bits per heavy atom. The fourth-order valence-corrected chi connectivity index (χ4v) is 3.97. The first-order valence-electron chi connectivity index (χ1n) is 10.7. The fraction of sp³-hybridized carbons (Fsp3) is 0.269. The molecule has 0 atom stereocenters. The van der Waals surface area contributed by atoms with Gasteiger partial charge in [0, 0.05) is 50.5 Å². The maximum Gasteiger partial charge on any atom is 0.251 e. The van der Waals surface area contributed by atoms with Crippen molar-refractivity contribution in [2.45, 2.75) is 20.0 Å². The van der Waals surface area contributed by atoms with Gasteiger partial charge in [-0.1, -0.05) is 42.5 Å². The Bertz CT molecular complexity index is 1010. The average Bonchev–Trinajstić information content (AvgIpc) is 2.80. The van der Waals surface area contributed by atoms with Gasteiger partial charge < -0.3 is 10.2 Å². The summed E-state index contributed by atoms with van der Waals surface area (Å²) in [6.45, 7) is 7.52. The van der Waals surface area contributed by atoms with Crippen LogP contribution in [-0.4, -0.2) is 37.0 Å². The summed E-state index contributed by atoms with van der Waals surface area (Å²) in [7, 11) is 0. The number of benzene rings is 3. The van der Waals surface area contributed by atoms with Crippen molar-refractivity contribution in [3.63, 3.8) is 0 Å². The minimum absolute atomic E-state index is 0.122. The molecule has 1 amide bonds. The molecule has 0 aliphatic carbocycles. The zero-order chi connectivity index (χ0) is 21.6. The molecular formula is C26H28FN3O. The molecule has 1 N–H and O–H groups in total. The largest absolute Gasteiger partial charge is 0.369 e. The van der Waals surface area contributed by atoms with Gasteiger partial charge >= 0.3 is 0 Å². The summed E-state index contributed by atoms with van der Waals surface area (Å²) in [5, 5.41) is 2.88. The van der Waals surface area contributed by atoms with Crippen molar-refractivity contribution in [2.75, 3.05) is 31.1 Å². The van der Waals surface area contributed by atoms with E-state index in [1.807, 2.05) is 24.3 Å². The number of carbonyl (C=O) groups excluding carboxylic acids is 1. The summed E-state index contributed by atoms with van der Waals surface area (Å²) >= 11 is 0. The van der Waals surface area contributed by atoms with E-state index in [1.165, 1.54) is 28.9 Å². The predicted molar refractivity (Wildman–Crippen MR) is 123 cm³/mol. The third kappa shape index (κ3) is 5.50. The molecule has 5 heteroatoms. The molecule has 1 aliphatic heterocycles. The molecule has 160 valence electrons. The van der Waals surface area contributed by atoms with Crippen LogP contribution in [0.4, 0.5) is 10.1 Å². The number of carbonyl (C=O) groups is 1. The summed E-state index contributed by atoms with van der Waals surface area (Å²) in [6, 6.07) is 22.5. The summed E-state index contributed by atoms with van der Waals surface area (Å²) < 4.78 is 13.0. The van der Waals surface area contributed by atoms with Crippen molar-refractivity contribution >= 4 is 11.6 Å². The first-order chi connectivity index (χ1) is 15.1. The Labute approximate surface area is 183 Å². The lowest BCUT2D eigenvalue weighted by molar-refractivity contribution is 0.0951. The van der Waals surface area contributed by atoms with E-state index in [2.05, 4.69) is 46.3 Å². The molecule has 3 aromatic rings. The van der Waals surface area contributed by atoms with E-state index in [0.29, 0.717) is 12.1 Å². The van der Waals surface area contributed by atoms with Crippen LogP contribution in [0.5, 0.6) is 0 Å². The number of hydrogen-bond donors (Lipinski definition) is 1. The molecule has 0 radical (unpaired) electrons. The van der Waals surface area contributed by atoms with Gasteiger partial charge in [-0.2, -0.15) is 0 Å². The molecule has 0 bridgehead atoms. The summed E-state index contributed by atoms with van der Waals surface area (Å²) in [6.07, 6.45) is 0. The Balaban J connectivity index is 1.26. The molecule has 1 aliphatic rings. The number of anilines is 1. The lowest BCUT2D eigenvalue weighted by atomic mass is 10.1. The zero-order valence-corrected chi connectivity index (χ0v) is 17.9. The van der Waals surface area contributed by atoms with Gasteiger partial charge in [-0.25, -0.2) is 4.39 Å². The van der Waals surface area contributed by atoms with Crippen LogP contribution in [0.1, 0.15) is 27.0 Å². The van der Waals surface area contributed by atoms with Gasteiger partial charge in [0.15, 0.2) is 0 Å². The zero-order valence-electron chi connectivity index (χ0n) is 17.9. The SMILES string of the molecule is Cc1ccccc1N1CCN(Cc2ccc(C(=O)NCc3ccc(F)cc3)cc2)CC1. The molecule has 1 heterocycles. The van der Waals surface area contributed by atoms with Gasteiger partial charge in [-0.3, -0.25) is 9.69 Å². The number of rotatable bonds is 6. The van der Waals surface area contributed by atoms with E-state index in [4.69, 9.17) is 0 Å². The van der Waals surface area contributed by atoms with E-state index < -0.39 is 0 Å². The molecule has 0 spiro atoms. The molecular weight excluding hydrogens is 389 g/mol. The number of aryl methyl sites for hydroxylation is 1. The van der Waals surface area contributed by atoms with Crippen molar-refractivity contribution in [1.82, 2.24) is 10.2 Å². The van der Waals surface area contributed by atoms with Crippen LogP contribution in [0.15, 0.2) is 72.8 Å². The Morgan fingerprint density at radius 3 is 2.19 bits per heavy atom. The predicted octanol–water partition coefficient (Wildman–Crippen LogP) is 4.39. The highest BCUT2D eigenvalue weighted by atomic mass is 19.1. The third-order valence-electron chi connectivity index (χ3n) is 5.82. The van der Waals surface area contributed by atoms with Gasteiger partial charge in [0.05, 0.1) is 0 Å². The Hall–Kier alpha value is -3.18. The molecule has 1 fully saturated rings. The van der Waals surface area contributed by atoms with Gasteiger partial charge in [0.25, 0.3) is 5.91 Å². The number of piperazine rings is 1. The van der Waals surface area contributed by atoms with Gasteiger partial charge in [-0.15, -0.1) is 0 Å². The van der Waals surface area contributed by atoms with Crippen molar-refractivity contribution in [3.05, 3.63) is 101 Å². The van der Waals surface area contributed by atoms with Crippen molar-refractivity contribution < 1.29 is 9.18 Å². The van der Waals surface area contributed by atoms with Crippen LogP contribution in [0.25, 0.3) is 0 Å². The van der Waals surface area contributed by atoms with Gasteiger partial charge in [-0.05, 0) is 53.9 Å². The first-order valence-corrected chi connectivity index (χ1v) is 10.7. The molecule has 1 saturated heterocycles.